The molecule has 0 N–H and O–H groups in total. The van der Waals surface area contributed by atoms with E-state index in [4.69, 9.17) is 51.1 Å². The van der Waals surface area contributed by atoms with Crippen LogP contribution in [0.3, 0.4) is 0 Å². The van der Waals surface area contributed by atoms with Crippen LogP contribution >= 0.6 is 58.2 Å². The molecule has 0 aliphatic carbocycles. The zero-order valence-corrected chi connectivity index (χ0v) is 20.7. The second-order valence-corrected chi connectivity index (χ2v) is 9.74. The fourth-order valence-electron chi connectivity index (χ4n) is 3.14. The average Bonchev–Trinajstić information content (AvgIpc) is 3.03. The molecule has 1 fully saturated rings. The summed E-state index contributed by atoms with van der Waals surface area (Å²) in [4.78, 5) is 26.7. The smallest absolute Gasteiger partial charge is 0.293 e. The van der Waals surface area contributed by atoms with Gasteiger partial charge in [0.2, 0.25) is 0 Å². The minimum atomic E-state index is -0.423. The monoisotopic (exact) mass is 537 g/mol. The molecule has 0 bridgehead atoms. The predicted molar refractivity (Wildman–Crippen MR) is 135 cm³/mol. The molecule has 1 aliphatic heterocycles. The predicted octanol–water partition coefficient (Wildman–Crippen LogP) is 8.12. The highest BCUT2D eigenvalue weighted by molar-refractivity contribution is 8.18. The number of carbonyl (C=O) groups excluding carboxylic acids is 2. The first-order chi connectivity index (χ1) is 15.8. The average molecular weight is 539 g/mol. The Balaban J connectivity index is 1.51. The molecule has 168 valence electrons. The van der Waals surface area contributed by atoms with E-state index in [0.29, 0.717) is 43.6 Å². The molecule has 1 aliphatic rings. The number of ether oxygens (including phenoxy) is 1. The zero-order chi connectivity index (χ0) is 23.5. The maximum absolute atomic E-state index is 12.9. The molecule has 33 heavy (non-hydrogen) atoms. The van der Waals surface area contributed by atoms with Crippen molar-refractivity contribution in [3.05, 3.63) is 102 Å². The van der Waals surface area contributed by atoms with Gasteiger partial charge in [0.05, 0.1) is 21.5 Å². The second-order valence-electron chi connectivity index (χ2n) is 7.09. The molecule has 0 atom stereocenters. The summed E-state index contributed by atoms with van der Waals surface area (Å²) >= 11 is 25.7. The number of imide groups is 1. The van der Waals surface area contributed by atoms with Crippen molar-refractivity contribution in [3.63, 3.8) is 0 Å². The molecule has 4 nitrogen and oxygen atoms in total. The molecule has 9 heteroatoms. The van der Waals surface area contributed by atoms with Crippen molar-refractivity contribution in [2.45, 2.75) is 13.2 Å². The number of halogens is 4. The van der Waals surface area contributed by atoms with Crippen LogP contribution in [0, 0.1) is 0 Å². The van der Waals surface area contributed by atoms with Gasteiger partial charge in [0.25, 0.3) is 11.1 Å². The van der Waals surface area contributed by atoms with Crippen LogP contribution < -0.4 is 4.74 Å². The topological polar surface area (TPSA) is 46.6 Å². The van der Waals surface area contributed by atoms with Crippen LogP contribution in [0.1, 0.15) is 16.7 Å². The largest absolute Gasteiger partial charge is 0.486 e. The van der Waals surface area contributed by atoms with Crippen LogP contribution in [-0.2, 0) is 17.9 Å². The molecule has 3 aromatic carbocycles. The quantitative estimate of drug-likeness (QED) is 0.297. The third-order valence-corrected chi connectivity index (χ3v) is 6.82. The molecule has 0 spiro atoms. The first-order valence-corrected chi connectivity index (χ1v) is 12.0. The highest BCUT2D eigenvalue weighted by Crippen LogP contribution is 2.38. The van der Waals surface area contributed by atoms with Gasteiger partial charge in [-0.3, -0.25) is 14.5 Å². The number of hydrogen-bond donors (Lipinski definition) is 0. The first kappa shape index (κ1) is 24.0. The van der Waals surface area contributed by atoms with Gasteiger partial charge >= 0.3 is 0 Å². The number of amides is 2. The number of nitrogens with zero attached hydrogens (tertiary/aromatic N) is 1. The van der Waals surface area contributed by atoms with Crippen LogP contribution in [0.25, 0.3) is 6.08 Å². The lowest BCUT2D eigenvalue weighted by molar-refractivity contribution is -0.123. The lowest BCUT2D eigenvalue weighted by atomic mass is 10.2. The van der Waals surface area contributed by atoms with Crippen molar-refractivity contribution in [2.75, 3.05) is 0 Å². The lowest BCUT2D eigenvalue weighted by Crippen LogP contribution is -2.27. The Morgan fingerprint density at radius 1 is 0.879 bits per heavy atom. The second kappa shape index (κ2) is 10.4. The molecule has 4 rings (SSSR count). The van der Waals surface area contributed by atoms with Gasteiger partial charge in [0.1, 0.15) is 6.61 Å². The van der Waals surface area contributed by atoms with Gasteiger partial charge in [-0.2, -0.15) is 0 Å². The zero-order valence-electron chi connectivity index (χ0n) is 16.9. The number of benzene rings is 3. The summed E-state index contributed by atoms with van der Waals surface area (Å²) in [6, 6.07) is 17.8. The van der Waals surface area contributed by atoms with Crippen molar-refractivity contribution < 1.29 is 14.3 Å². The van der Waals surface area contributed by atoms with Crippen LogP contribution in [-0.4, -0.2) is 16.0 Å². The van der Waals surface area contributed by atoms with E-state index in [1.807, 2.05) is 30.3 Å². The van der Waals surface area contributed by atoms with Crippen LogP contribution in [0.2, 0.25) is 20.1 Å². The minimum absolute atomic E-state index is 0.0474. The SMILES string of the molecule is O=C1S/C(=C\c2cc(Cl)c(OCc3ccccc3)c(Cl)c2)C(=O)N1Cc1ccc(Cl)cc1Cl. The summed E-state index contributed by atoms with van der Waals surface area (Å²) in [5, 5.41) is 1.07. The van der Waals surface area contributed by atoms with E-state index < -0.39 is 11.1 Å². The third-order valence-electron chi connectivity index (χ3n) is 4.76. The van der Waals surface area contributed by atoms with Crippen molar-refractivity contribution in [3.8, 4) is 5.75 Å². The van der Waals surface area contributed by atoms with Gasteiger partial charge in [0.15, 0.2) is 5.75 Å². The fraction of sp³-hybridized carbons (Fsp3) is 0.0833. The summed E-state index contributed by atoms with van der Waals surface area (Å²) in [5.74, 6) is -0.0718. The van der Waals surface area contributed by atoms with E-state index in [1.54, 1.807) is 36.4 Å². The molecule has 1 heterocycles. The Morgan fingerprint density at radius 2 is 1.58 bits per heavy atom. The van der Waals surface area contributed by atoms with E-state index in [2.05, 4.69) is 0 Å². The van der Waals surface area contributed by atoms with E-state index in [1.165, 1.54) is 0 Å². The van der Waals surface area contributed by atoms with E-state index in [0.717, 1.165) is 22.2 Å². The van der Waals surface area contributed by atoms with Gasteiger partial charge in [-0.25, -0.2) is 0 Å². The van der Waals surface area contributed by atoms with Crippen molar-refractivity contribution in [2.24, 2.45) is 0 Å². The summed E-state index contributed by atoms with van der Waals surface area (Å²) in [6.45, 7) is 0.359. The Morgan fingerprint density at radius 3 is 2.24 bits per heavy atom. The highest BCUT2D eigenvalue weighted by Gasteiger charge is 2.35. The van der Waals surface area contributed by atoms with Crippen molar-refractivity contribution in [1.82, 2.24) is 4.90 Å². The Kier molecular flexibility index (Phi) is 7.57. The van der Waals surface area contributed by atoms with E-state index in [9.17, 15) is 9.59 Å². The van der Waals surface area contributed by atoms with Gasteiger partial charge in [-0.1, -0.05) is 82.8 Å². The van der Waals surface area contributed by atoms with Gasteiger partial charge in [0, 0.05) is 10.0 Å². The number of rotatable bonds is 6. The maximum atomic E-state index is 12.9. The Labute approximate surface area is 215 Å². The summed E-state index contributed by atoms with van der Waals surface area (Å²) < 4.78 is 5.78. The van der Waals surface area contributed by atoms with Crippen LogP contribution in [0.15, 0.2) is 65.6 Å². The molecule has 0 unspecified atom stereocenters. The maximum Gasteiger partial charge on any atom is 0.293 e. The normalized spacial score (nSPS) is 14.9. The summed E-state index contributed by atoms with van der Waals surface area (Å²) in [5.41, 5.74) is 2.17. The van der Waals surface area contributed by atoms with Crippen molar-refractivity contribution >= 4 is 75.4 Å². The van der Waals surface area contributed by atoms with E-state index >= 15 is 0 Å². The molecule has 2 amide bonds. The summed E-state index contributed by atoms with van der Waals surface area (Å²) in [6.07, 6.45) is 1.58. The fourth-order valence-corrected chi connectivity index (χ4v) is 5.06. The molecular formula is C24H15Cl4NO3S. The molecule has 0 aromatic heterocycles. The Bertz CT molecular complexity index is 1240. The van der Waals surface area contributed by atoms with Gasteiger partial charge < -0.3 is 4.74 Å². The van der Waals surface area contributed by atoms with Gasteiger partial charge in [-0.15, -0.1) is 0 Å². The lowest BCUT2D eigenvalue weighted by Gasteiger charge is -2.13. The molecule has 1 saturated heterocycles. The third kappa shape index (κ3) is 5.68. The van der Waals surface area contributed by atoms with Gasteiger partial charge in [-0.05, 0) is 58.8 Å². The number of carbonyl (C=O) groups is 2. The minimum Gasteiger partial charge on any atom is -0.486 e. The molecule has 3 aromatic rings. The Hall–Kier alpha value is -2.15. The molecular weight excluding hydrogens is 524 g/mol. The van der Waals surface area contributed by atoms with E-state index in [-0.39, 0.29) is 11.4 Å². The first-order valence-electron chi connectivity index (χ1n) is 9.67. The standard InChI is InChI=1S/C24H15Cl4NO3S/c25-17-7-6-16(18(26)11-17)12-29-23(30)21(33-24(29)31)10-15-8-19(27)22(20(28)9-15)32-13-14-4-2-1-3-5-14/h1-11H,12-13H2/b21-10-. The van der Waals surface area contributed by atoms with Crippen molar-refractivity contribution in [1.29, 1.82) is 0 Å². The molecule has 0 radical (unpaired) electrons. The number of hydrogen-bond acceptors (Lipinski definition) is 4. The highest BCUT2D eigenvalue weighted by atomic mass is 35.5. The number of thioether (sulfide) groups is 1. The molecule has 0 saturated carbocycles. The summed E-state index contributed by atoms with van der Waals surface area (Å²) in [7, 11) is 0. The van der Waals surface area contributed by atoms with Crippen LogP contribution in [0.5, 0.6) is 5.75 Å². The van der Waals surface area contributed by atoms with Crippen LogP contribution in [0.4, 0.5) is 4.79 Å².